The Morgan fingerprint density at radius 1 is 1.05 bits per heavy atom. The van der Waals surface area contributed by atoms with E-state index in [-0.39, 0.29) is 23.3 Å². The minimum absolute atomic E-state index is 0.0240. The smallest absolute Gasteiger partial charge is 0.295 e. The van der Waals surface area contributed by atoms with E-state index in [1.165, 1.54) is 12.1 Å². The SMILES string of the molecule is O=C1Cc2c(cc(O)c(O)c2O)O[C@@]1(O)c1ccccc1. The number of aromatic hydroxyl groups is 3. The van der Waals surface area contributed by atoms with Crippen molar-refractivity contribution in [1.82, 2.24) is 0 Å². The highest BCUT2D eigenvalue weighted by Gasteiger charge is 2.45. The van der Waals surface area contributed by atoms with Crippen molar-refractivity contribution in [3.8, 4) is 23.0 Å². The number of ketones is 1. The molecule has 0 saturated carbocycles. The molecule has 21 heavy (non-hydrogen) atoms. The van der Waals surface area contributed by atoms with Crippen molar-refractivity contribution in [3.63, 3.8) is 0 Å². The highest BCUT2D eigenvalue weighted by atomic mass is 16.6. The molecule has 0 spiro atoms. The van der Waals surface area contributed by atoms with Gasteiger partial charge in [0.05, 0.1) is 0 Å². The number of fused-ring (bicyclic) bond motifs is 1. The lowest BCUT2D eigenvalue weighted by molar-refractivity contribution is -0.179. The van der Waals surface area contributed by atoms with E-state index in [4.69, 9.17) is 4.74 Å². The van der Waals surface area contributed by atoms with Crippen LogP contribution in [-0.2, 0) is 17.0 Å². The number of Topliss-reactive ketones (excluding diaryl/α,β-unsaturated/α-hetero) is 1. The topological polar surface area (TPSA) is 107 Å². The van der Waals surface area contributed by atoms with Gasteiger partial charge in [0.25, 0.3) is 5.79 Å². The highest BCUT2D eigenvalue weighted by Crippen LogP contribution is 2.47. The van der Waals surface area contributed by atoms with E-state index in [9.17, 15) is 25.2 Å². The summed E-state index contributed by atoms with van der Waals surface area (Å²) < 4.78 is 5.31. The Morgan fingerprint density at radius 2 is 1.71 bits per heavy atom. The number of aliphatic hydroxyl groups is 1. The van der Waals surface area contributed by atoms with Crippen LogP contribution in [0.5, 0.6) is 23.0 Å². The molecule has 0 fully saturated rings. The number of carbonyl (C=O) groups is 1. The van der Waals surface area contributed by atoms with Crippen LogP contribution in [0.15, 0.2) is 36.4 Å². The lowest BCUT2D eigenvalue weighted by atomic mass is 9.92. The zero-order valence-electron chi connectivity index (χ0n) is 10.8. The van der Waals surface area contributed by atoms with Gasteiger partial charge in [0.1, 0.15) is 5.75 Å². The van der Waals surface area contributed by atoms with E-state index in [1.54, 1.807) is 18.2 Å². The largest absolute Gasteiger partial charge is 0.504 e. The molecule has 6 heteroatoms. The predicted molar refractivity (Wildman–Crippen MR) is 71.1 cm³/mol. The van der Waals surface area contributed by atoms with Gasteiger partial charge < -0.3 is 25.2 Å². The molecular formula is C15H12O6. The predicted octanol–water partition coefficient (Wildman–Crippen LogP) is 1.15. The van der Waals surface area contributed by atoms with Crippen molar-refractivity contribution < 1.29 is 30.0 Å². The van der Waals surface area contributed by atoms with Crippen LogP contribution in [-0.4, -0.2) is 26.2 Å². The van der Waals surface area contributed by atoms with Gasteiger partial charge >= 0.3 is 0 Å². The summed E-state index contributed by atoms with van der Waals surface area (Å²) in [6.07, 6.45) is -0.333. The van der Waals surface area contributed by atoms with Gasteiger partial charge in [-0.15, -0.1) is 0 Å². The molecule has 2 aromatic rings. The van der Waals surface area contributed by atoms with Crippen LogP contribution in [0.1, 0.15) is 11.1 Å². The maximum Gasteiger partial charge on any atom is 0.295 e. The third kappa shape index (κ3) is 1.88. The molecule has 0 unspecified atom stereocenters. The van der Waals surface area contributed by atoms with Crippen LogP contribution in [0.25, 0.3) is 0 Å². The first-order valence-electron chi connectivity index (χ1n) is 6.20. The van der Waals surface area contributed by atoms with Gasteiger partial charge in [0.15, 0.2) is 11.5 Å². The van der Waals surface area contributed by atoms with Crippen LogP contribution < -0.4 is 4.74 Å². The molecule has 1 aliphatic rings. The van der Waals surface area contributed by atoms with Gasteiger partial charge in [-0.3, -0.25) is 4.79 Å². The molecule has 1 heterocycles. The number of benzene rings is 2. The molecule has 0 radical (unpaired) electrons. The number of hydrogen-bond acceptors (Lipinski definition) is 6. The van der Waals surface area contributed by atoms with Crippen molar-refractivity contribution in [3.05, 3.63) is 47.5 Å². The quantitative estimate of drug-likeness (QED) is 0.586. The Bertz CT molecular complexity index is 725. The second kappa shape index (κ2) is 4.39. The zero-order chi connectivity index (χ0) is 15.2. The maximum atomic E-state index is 12.2. The number of ether oxygens (including phenoxy) is 1. The van der Waals surface area contributed by atoms with E-state index in [0.29, 0.717) is 0 Å². The summed E-state index contributed by atoms with van der Waals surface area (Å²) in [4.78, 5) is 12.2. The minimum Gasteiger partial charge on any atom is -0.504 e. The second-order valence-corrected chi connectivity index (χ2v) is 4.78. The molecule has 1 aliphatic heterocycles. The minimum atomic E-state index is -2.19. The Kier molecular flexibility index (Phi) is 2.77. The molecule has 2 aromatic carbocycles. The van der Waals surface area contributed by atoms with Crippen molar-refractivity contribution in [2.75, 3.05) is 0 Å². The molecule has 0 bridgehead atoms. The molecule has 108 valence electrons. The number of phenolic OH excluding ortho intramolecular Hbond substituents is 3. The first kappa shape index (κ1) is 13.3. The lowest BCUT2D eigenvalue weighted by Gasteiger charge is -2.33. The third-order valence-electron chi connectivity index (χ3n) is 3.46. The molecule has 4 N–H and O–H groups in total. The first-order chi connectivity index (χ1) is 9.93. The van der Waals surface area contributed by atoms with Crippen LogP contribution >= 0.6 is 0 Å². The summed E-state index contributed by atoms with van der Waals surface area (Å²) in [5.41, 5.74) is 0.267. The van der Waals surface area contributed by atoms with Crippen molar-refractivity contribution in [1.29, 1.82) is 0 Å². The van der Waals surface area contributed by atoms with Crippen molar-refractivity contribution in [2.45, 2.75) is 12.2 Å². The summed E-state index contributed by atoms with van der Waals surface area (Å²) >= 11 is 0. The van der Waals surface area contributed by atoms with Crippen LogP contribution in [0.3, 0.4) is 0 Å². The summed E-state index contributed by atoms with van der Waals surface area (Å²) in [5.74, 6) is -4.89. The maximum absolute atomic E-state index is 12.2. The summed E-state index contributed by atoms with van der Waals surface area (Å²) in [7, 11) is 0. The fourth-order valence-electron chi connectivity index (χ4n) is 2.30. The summed E-state index contributed by atoms with van der Waals surface area (Å²) in [6, 6.07) is 9.12. The molecule has 0 saturated heterocycles. The Morgan fingerprint density at radius 3 is 2.38 bits per heavy atom. The molecule has 0 aliphatic carbocycles. The van der Waals surface area contributed by atoms with Crippen LogP contribution in [0.2, 0.25) is 0 Å². The summed E-state index contributed by atoms with van der Waals surface area (Å²) in [6.45, 7) is 0. The number of rotatable bonds is 1. The molecule has 3 rings (SSSR count). The van der Waals surface area contributed by atoms with Crippen molar-refractivity contribution in [2.24, 2.45) is 0 Å². The van der Waals surface area contributed by atoms with E-state index in [2.05, 4.69) is 0 Å². The van der Waals surface area contributed by atoms with Gasteiger partial charge in [-0.05, 0) is 0 Å². The lowest BCUT2D eigenvalue weighted by Crippen LogP contribution is -2.45. The normalized spacial score (nSPS) is 20.7. The van der Waals surface area contributed by atoms with E-state index < -0.39 is 28.8 Å². The average Bonchev–Trinajstić information content (AvgIpc) is 2.48. The average molecular weight is 288 g/mol. The zero-order valence-corrected chi connectivity index (χ0v) is 10.8. The Labute approximate surface area is 119 Å². The van der Waals surface area contributed by atoms with E-state index >= 15 is 0 Å². The molecular weight excluding hydrogens is 276 g/mol. The summed E-state index contributed by atoms with van der Waals surface area (Å²) in [5, 5.41) is 39.2. The van der Waals surface area contributed by atoms with Crippen LogP contribution in [0.4, 0.5) is 0 Å². The molecule has 0 aromatic heterocycles. The number of hydrogen-bond donors (Lipinski definition) is 4. The van der Waals surface area contributed by atoms with Gasteiger partial charge in [0.2, 0.25) is 11.5 Å². The van der Waals surface area contributed by atoms with E-state index in [0.717, 1.165) is 6.07 Å². The molecule has 0 amide bonds. The number of phenols is 3. The Balaban J connectivity index is 2.13. The molecule has 6 nitrogen and oxygen atoms in total. The van der Waals surface area contributed by atoms with Gasteiger partial charge in [-0.25, -0.2) is 0 Å². The van der Waals surface area contributed by atoms with Crippen LogP contribution in [0, 0.1) is 0 Å². The standard InChI is InChI=1S/C15H12O6/c16-10-7-11-9(13(18)14(10)19)6-12(17)15(20,21-11)8-4-2-1-3-5-8/h1-5,7,16,18-20H,6H2/t15-/m0/s1. The van der Waals surface area contributed by atoms with Gasteiger partial charge in [-0.2, -0.15) is 0 Å². The third-order valence-corrected chi connectivity index (χ3v) is 3.46. The monoisotopic (exact) mass is 288 g/mol. The first-order valence-corrected chi connectivity index (χ1v) is 6.20. The highest BCUT2D eigenvalue weighted by molar-refractivity contribution is 5.92. The second-order valence-electron chi connectivity index (χ2n) is 4.78. The number of carbonyl (C=O) groups excluding carboxylic acids is 1. The Hall–Kier alpha value is -2.73. The van der Waals surface area contributed by atoms with E-state index in [1.807, 2.05) is 0 Å². The molecule has 1 atom stereocenters. The van der Waals surface area contributed by atoms with Gasteiger partial charge in [-0.1, -0.05) is 30.3 Å². The van der Waals surface area contributed by atoms with Gasteiger partial charge in [0, 0.05) is 23.6 Å². The fourth-order valence-corrected chi connectivity index (χ4v) is 2.30. The van der Waals surface area contributed by atoms with Crippen molar-refractivity contribution >= 4 is 5.78 Å². The fraction of sp³-hybridized carbons (Fsp3) is 0.133.